The molecule has 1 saturated heterocycles. The zero-order valence-electron chi connectivity index (χ0n) is 14.3. The van der Waals surface area contributed by atoms with Crippen LogP contribution in [0.15, 0.2) is 48.5 Å². The zero-order chi connectivity index (χ0) is 18.7. The number of rotatable bonds is 5. The van der Waals surface area contributed by atoms with E-state index in [1.807, 2.05) is 37.3 Å². The molecule has 3 rings (SSSR count). The van der Waals surface area contributed by atoms with Crippen molar-refractivity contribution in [3.05, 3.63) is 70.5 Å². The molecule has 0 spiro atoms. The van der Waals surface area contributed by atoms with Crippen LogP contribution in [0.5, 0.6) is 0 Å². The van der Waals surface area contributed by atoms with Crippen LogP contribution >= 0.6 is 11.6 Å². The Bertz CT molecular complexity index is 792. The summed E-state index contributed by atoms with van der Waals surface area (Å²) in [5.41, 5.74) is 1.15. The Kier molecular flexibility index (Phi) is 5.57. The monoisotopic (exact) mass is 375 g/mol. The van der Waals surface area contributed by atoms with Crippen molar-refractivity contribution in [2.75, 3.05) is 6.54 Å². The van der Waals surface area contributed by atoms with Gasteiger partial charge in [0.15, 0.2) is 0 Å². The highest BCUT2D eigenvalue weighted by atomic mass is 35.5. The molecule has 2 aromatic carbocycles. The van der Waals surface area contributed by atoms with Gasteiger partial charge < -0.3 is 9.64 Å². The van der Waals surface area contributed by atoms with Gasteiger partial charge in [-0.25, -0.2) is 4.39 Å². The predicted molar refractivity (Wildman–Crippen MR) is 95.9 cm³/mol. The standard InChI is InChI=1S/C20H19ClFNO3/c1-13(14-6-3-2-4-7-14)23-11-15(10-19(23)24)20(25)26-12-16-17(21)8-5-9-18(16)22/h2-9,13,15H,10-12H2,1H3/t13-,15+/m0/s1. The van der Waals surface area contributed by atoms with Gasteiger partial charge in [0.25, 0.3) is 0 Å². The molecule has 4 nitrogen and oxygen atoms in total. The maximum atomic E-state index is 13.8. The van der Waals surface area contributed by atoms with Crippen molar-refractivity contribution in [2.45, 2.75) is 26.0 Å². The number of benzene rings is 2. The van der Waals surface area contributed by atoms with Crippen LogP contribution in [0.25, 0.3) is 0 Å². The average molecular weight is 376 g/mol. The average Bonchev–Trinajstić information content (AvgIpc) is 3.03. The normalized spacial score (nSPS) is 18.0. The maximum Gasteiger partial charge on any atom is 0.311 e. The van der Waals surface area contributed by atoms with Crippen LogP contribution in [0.4, 0.5) is 4.39 Å². The van der Waals surface area contributed by atoms with Crippen molar-refractivity contribution in [2.24, 2.45) is 5.92 Å². The van der Waals surface area contributed by atoms with Crippen LogP contribution in [0.1, 0.15) is 30.5 Å². The quantitative estimate of drug-likeness (QED) is 0.738. The lowest BCUT2D eigenvalue weighted by molar-refractivity contribution is -0.149. The molecule has 0 unspecified atom stereocenters. The second kappa shape index (κ2) is 7.87. The highest BCUT2D eigenvalue weighted by Crippen LogP contribution is 2.29. The maximum absolute atomic E-state index is 13.8. The number of amides is 1. The topological polar surface area (TPSA) is 46.6 Å². The second-order valence-electron chi connectivity index (χ2n) is 6.34. The Labute approximate surface area is 156 Å². The summed E-state index contributed by atoms with van der Waals surface area (Å²) in [6, 6.07) is 13.8. The highest BCUT2D eigenvalue weighted by molar-refractivity contribution is 6.31. The van der Waals surface area contributed by atoms with Gasteiger partial charge in [-0.15, -0.1) is 0 Å². The molecule has 136 valence electrons. The molecule has 6 heteroatoms. The van der Waals surface area contributed by atoms with Gasteiger partial charge in [-0.3, -0.25) is 9.59 Å². The number of likely N-dealkylation sites (tertiary alicyclic amines) is 1. The van der Waals surface area contributed by atoms with E-state index in [0.717, 1.165) is 5.56 Å². The Morgan fingerprint density at radius 3 is 2.69 bits per heavy atom. The lowest BCUT2D eigenvalue weighted by Crippen LogP contribution is -2.29. The summed E-state index contributed by atoms with van der Waals surface area (Å²) in [5.74, 6) is -1.68. The van der Waals surface area contributed by atoms with Crippen LogP contribution in [0.3, 0.4) is 0 Å². The minimum atomic E-state index is -0.556. The van der Waals surface area contributed by atoms with E-state index in [4.69, 9.17) is 16.3 Å². The molecule has 0 aromatic heterocycles. The van der Waals surface area contributed by atoms with Crippen molar-refractivity contribution < 1.29 is 18.7 Å². The summed E-state index contributed by atoms with van der Waals surface area (Å²) < 4.78 is 19.0. The lowest BCUT2D eigenvalue weighted by Gasteiger charge is -2.25. The molecule has 2 aromatic rings. The number of carbonyl (C=O) groups excluding carboxylic acids is 2. The van der Waals surface area contributed by atoms with Gasteiger partial charge in [0.2, 0.25) is 5.91 Å². The van der Waals surface area contributed by atoms with E-state index in [9.17, 15) is 14.0 Å². The van der Waals surface area contributed by atoms with E-state index >= 15 is 0 Å². The highest BCUT2D eigenvalue weighted by Gasteiger charge is 2.38. The number of carbonyl (C=O) groups is 2. The fraction of sp³-hybridized carbons (Fsp3) is 0.300. The third-order valence-electron chi connectivity index (χ3n) is 4.66. The minimum absolute atomic E-state index is 0.0905. The van der Waals surface area contributed by atoms with Crippen LogP contribution in [-0.4, -0.2) is 23.3 Å². The second-order valence-corrected chi connectivity index (χ2v) is 6.75. The van der Waals surface area contributed by atoms with Gasteiger partial charge in [-0.1, -0.05) is 48.0 Å². The third-order valence-corrected chi connectivity index (χ3v) is 5.02. The Balaban J connectivity index is 1.62. The molecule has 1 heterocycles. The van der Waals surface area contributed by atoms with E-state index in [1.54, 1.807) is 4.90 Å². The third kappa shape index (κ3) is 3.88. The fourth-order valence-electron chi connectivity index (χ4n) is 3.11. The lowest BCUT2D eigenvalue weighted by atomic mass is 10.1. The zero-order valence-corrected chi connectivity index (χ0v) is 15.1. The summed E-state index contributed by atoms with van der Waals surface area (Å²) >= 11 is 5.93. The number of hydrogen-bond donors (Lipinski definition) is 0. The van der Waals surface area contributed by atoms with E-state index in [2.05, 4.69) is 0 Å². The van der Waals surface area contributed by atoms with Crippen LogP contribution in [0.2, 0.25) is 5.02 Å². The molecule has 0 saturated carbocycles. The van der Waals surface area contributed by atoms with Crippen LogP contribution < -0.4 is 0 Å². The summed E-state index contributed by atoms with van der Waals surface area (Å²) in [5, 5.41) is 0.208. The summed E-state index contributed by atoms with van der Waals surface area (Å²) in [6.45, 7) is 1.97. The molecule has 1 fully saturated rings. The van der Waals surface area contributed by atoms with Gasteiger partial charge >= 0.3 is 5.97 Å². The molecule has 0 N–H and O–H groups in total. The van der Waals surface area contributed by atoms with Crippen molar-refractivity contribution >= 4 is 23.5 Å². The van der Waals surface area contributed by atoms with Crippen molar-refractivity contribution in [1.82, 2.24) is 4.90 Å². The SMILES string of the molecule is C[C@@H](c1ccccc1)N1C[C@H](C(=O)OCc2c(F)cccc2Cl)CC1=O. The van der Waals surface area contributed by atoms with Gasteiger partial charge in [0.05, 0.1) is 17.0 Å². The first kappa shape index (κ1) is 18.4. The molecule has 26 heavy (non-hydrogen) atoms. The number of halogens is 2. The number of ether oxygens (including phenoxy) is 1. The molecular weight excluding hydrogens is 357 g/mol. The van der Waals surface area contributed by atoms with Crippen molar-refractivity contribution in [3.8, 4) is 0 Å². The molecular formula is C20H19ClFNO3. The molecule has 1 amide bonds. The molecule has 1 aliphatic rings. The molecule has 2 atom stereocenters. The van der Waals surface area contributed by atoms with Crippen LogP contribution in [-0.2, 0) is 20.9 Å². The Morgan fingerprint density at radius 1 is 1.27 bits per heavy atom. The van der Waals surface area contributed by atoms with Crippen LogP contribution in [0, 0.1) is 11.7 Å². The fourth-order valence-corrected chi connectivity index (χ4v) is 3.32. The summed E-state index contributed by atoms with van der Waals surface area (Å²) in [7, 11) is 0. The Morgan fingerprint density at radius 2 is 2.00 bits per heavy atom. The minimum Gasteiger partial charge on any atom is -0.460 e. The van der Waals surface area contributed by atoms with E-state index < -0.39 is 17.7 Å². The number of hydrogen-bond acceptors (Lipinski definition) is 3. The van der Waals surface area contributed by atoms with Gasteiger partial charge in [-0.05, 0) is 24.6 Å². The molecule has 1 aliphatic heterocycles. The number of esters is 1. The van der Waals surface area contributed by atoms with E-state index in [1.165, 1.54) is 18.2 Å². The summed E-state index contributed by atoms with van der Waals surface area (Å²) in [4.78, 5) is 26.3. The van der Waals surface area contributed by atoms with Gasteiger partial charge in [0, 0.05) is 18.5 Å². The predicted octanol–water partition coefficient (Wildman–Crippen LogP) is 4.13. The van der Waals surface area contributed by atoms with Crippen molar-refractivity contribution in [1.29, 1.82) is 0 Å². The summed E-state index contributed by atoms with van der Waals surface area (Å²) in [6.07, 6.45) is 0.0982. The largest absolute Gasteiger partial charge is 0.460 e. The van der Waals surface area contributed by atoms with Gasteiger partial charge in [0.1, 0.15) is 12.4 Å². The van der Waals surface area contributed by atoms with Crippen molar-refractivity contribution in [3.63, 3.8) is 0 Å². The first-order valence-electron chi connectivity index (χ1n) is 8.41. The first-order chi connectivity index (χ1) is 12.5. The molecule has 0 radical (unpaired) electrons. The Hall–Kier alpha value is -2.40. The van der Waals surface area contributed by atoms with E-state index in [-0.39, 0.29) is 35.6 Å². The molecule has 0 aliphatic carbocycles. The molecule has 0 bridgehead atoms. The smallest absolute Gasteiger partial charge is 0.311 e. The first-order valence-corrected chi connectivity index (χ1v) is 8.79. The van der Waals surface area contributed by atoms with E-state index in [0.29, 0.717) is 6.54 Å². The van der Waals surface area contributed by atoms with Gasteiger partial charge in [-0.2, -0.15) is 0 Å². The number of nitrogens with zero attached hydrogens (tertiary/aromatic N) is 1.